The predicted octanol–water partition coefficient (Wildman–Crippen LogP) is 3.76. The molecule has 0 saturated heterocycles. The van der Waals surface area contributed by atoms with Crippen LogP contribution in [-0.4, -0.2) is 32.9 Å². The van der Waals surface area contributed by atoms with E-state index in [-0.39, 0.29) is 24.5 Å². The van der Waals surface area contributed by atoms with Crippen molar-refractivity contribution in [3.63, 3.8) is 0 Å². The van der Waals surface area contributed by atoms with Gasteiger partial charge in [0, 0.05) is 0 Å². The van der Waals surface area contributed by atoms with Crippen LogP contribution in [0.2, 0.25) is 0 Å². The van der Waals surface area contributed by atoms with Crippen LogP contribution in [0.4, 0.5) is 0 Å². The van der Waals surface area contributed by atoms with Crippen LogP contribution in [0, 0.1) is 11.8 Å². The zero-order chi connectivity index (χ0) is 19.4. The maximum atomic E-state index is 12.9. The molecular weight excluding hydrogens is 352 g/mol. The average molecular weight is 381 g/mol. The first kappa shape index (κ1) is 22.0. The van der Waals surface area contributed by atoms with Crippen molar-refractivity contribution < 1.29 is 22.7 Å². The molecule has 0 bridgehead atoms. The van der Waals surface area contributed by atoms with E-state index in [9.17, 15) is 13.2 Å². The van der Waals surface area contributed by atoms with Crippen LogP contribution in [-0.2, 0) is 19.4 Å². The van der Waals surface area contributed by atoms with Gasteiger partial charge < -0.3 is 9.47 Å². The molecule has 0 heterocycles. The highest BCUT2D eigenvalue weighted by Gasteiger charge is 2.34. The van der Waals surface area contributed by atoms with Crippen LogP contribution in [0.5, 0.6) is 5.75 Å². The van der Waals surface area contributed by atoms with Crippen LogP contribution >= 0.6 is 0 Å². The van der Waals surface area contributed by atoms with Gasteiger partial charge >= 0.3 is 5.97 Å². The van der Waals surface area contributed by atoms with E-state index < -0.39 is 21.1 Å². The number of sulfone groups is 1. The topological polar surface area (TPSA) is 69.7 Å². The summed E-state index contributed by atoms with van der Waals surface area (Å²) in [5, 5.41) is -1.17. The van der Waals surface area contributed by atoms with Crippen molar-refractivity contribution >= 4 is 15.8 Å². The summed E-state index contributed by atoms with van der Waals surface area (Å²) in [6.07, 6.45) is 3.90. The third kappa shape index (κ3) is 6.72. The summed E-state index contributed by atoms with van der Waals surface area (Å²) >= 11 is 0. The SMILES string of the molecule is CC#CCOc1ccc(S(=O)(=O)[C@H](CCCCCC)C(=O)OCC)cc1. The van der Waals surface area contributed by atoms with Gasteiger partial charge in [0.05, 0.1) is 11.5 Å². The van der Waals surface area contributed by atoms with Gasteiger partial charge in [-0.15, -0.1) is 5.92 Å². The first-order chi connectivity index (χ1) is 12.5. The first-order valence-electron chi connectivity index (χ1n) is 9.00. The standard InChI is InChI=1S/C20H28O5S/c1-4-7-9-10-11-19(20(21)24-6-3)26(22,23)18-14-12-17(13-15-18)25-16-8-5-2/h12-15,19H,4,6-7,9-11,16H2,1-3H3/t19-/m1/s1. The Kier molecular flexibility index (Phi) is 9.82. The fourth-order valence-corrected chi connectivity index (χ4v) is 4.12. The molecule has 0 unspecified atom stereocenters. The Bertz CT molecular complexity index is 711. The van der Waals surface area contributed by atoms with Crippen molar-refractivity contribution in [2.45, 2.75) is 63.0 Å². The zero-order valence-corrected chi connectivity index (χ0v) is 16.6. The van der Waals surface area contributed by atoms with E-state index in [0.717, 1.165) is 19.3 Å². The molecule has 0 radical (unpaired) electrons. The molecule has 0 amide bonds. The molecule has 1 rings (SSSR count). The summed E-state index contributed by atoms with van der Waals surface area (Å²) in [7, 11) is -3.81. The molecule has 1 aromatic rings. The molecule has 26 heavy (non-hydrogen) atoms. The van der Waals surface area contributed by atoms with Crippen LogP contribution in [0.3, 0.4) is 0 Å². The van der Waals surface area contributed by atoms with Crippen LogP contribution in [0.15, 0.2) is 29.2 Å². The Balaban J connectivity index is 2.94. The molecule has 0 aromatic heterocycles. The zero-order valence-electron chi connectivity index (χ0n) is 15.8. The summed E-state index contributed by atoms with van der Waals surface area (Å²) in [6, 6.07) is 6.07. The molecule has 0 aliphatic rings. The molecule has 0 N–H and O–H groups in total. The largest absolute Gasteiger partial charge is 0.481 e. The molecule has 6 heteroatoms. The normalized spacial score (nSPS) is 12.0. The minimum Gasteiger partial charge on any atom is -0.481 e. The van der Waals surface area contributed by atoms with E-state index in [0.29, 0.717) is 12.2 Å². The van der Waals surface area contributed by atoms with Gasteiger partial charge in [-0.3, -0.25) is 4.79 Å². The molecule has 0 aliphatic heterocycles. The number of carbonyl (C=O) groups excluding carboxylic acids is 1. The van der Waals surface area contributed by atoms with E-state index in [1.54, 1.807) is 26.0 Å². The van der Waals surface area contributed by atoms with E-state index in [1.807, 2.05) is 0 Å². The Hall–Kier alpha value is -2.00. The number of esters is 1. The summed E-state index contributed by atoms with van der Waals surface area (Å²) < 4.78 is 36.2. The molecule has 1 aromatic carbocycles. The van der Waals surface area contributed by atoms with E-state index in [4.69, 9.17) is 9.47 Å². The number of hydrogen-bond donors (Lipinski definition) is 0. The molecule has 1 atom stereocenters. The molecule has 0 fully saturated rings. The Morgan fingerprint density at radius 1 is 1.12 bits per heavy atom. The molecule has 0 aliphatic carbocycles. The van der Waals surface area contributed by atoms with E-state index in [1.165, 1.54) is 12.1 Å². The molecule has 144 valence electrons. The van der Waals surface area contributed by atoms with Crippen LogP contribution < -0.4 is 4.74 Å². The number of benzene rings is 1. The predicted molar refractivity (Wildman–Crippen MR) is 102 cm³/mol. The minimum atomic E-state index is -3.81. The number of rotatable bonds is 11. The summed E-state index contributed by atoms with van der Waals surface area (Å²) in [4.78, 5) is 12.3. The van der Waals surface area contributed by atoms with Gasteiger partial charge in [-0.2, -0.15) is 0 Å². The van der Waals surface area contributed by atoms with E-state index >= 15 is 0 Å². The van der Waals surface area contributed by atoms with Crippen molar-refractivity contribution in [3.8, 4) is 17.6 Å². The fraction of sp³-hybridized carbons (Fsp3) is 0.550. The van der Waals surface area contributed by atoms with Gasteiger partial charge in [0.2, 0.25) is 0 Å². The second-order valence-corrected chi connectivity index (χ2v) is 7.95. The van der Waals surface area contributed by atoms with Crippen LogP contribution in [0.25, 0.3) is 0 Å². The lowest BCUT2D eigenvalue weighted by Crippen LogP contribution is -2.32. The number of hydrogen-bond acceptors (Lipinski definition) is 5. The highest BCUT2D eigenvalue weighted by Crippen LogP contribution is 2.24. The van der Waals surface area contributed by atoms with Crippen molar-refractivity contribution in [2.24, 2.45) is 0 Å². The lowest BCUT2D eigenvalue weighted by molar-refractivity contribution is -0.142. The second kappa shape index (κ2) is 11.6. The van der Waals surface area contributed by atoms with Crippen molar-refractivity contribution in [3.05, 3.63) is 24.3 Å². The summed E-state index contributed by atoms with van der Waals surface area (Å²) in [6.45, 7) is 5.87. The van der Waals surface area contributed by atoms with Crippen molar-refractivity contribution in [2.75, 3.05) is 13.2 Å². The Labute approximate surface area is 157 Å². The lowest BCUT2D eigenvalue weighted by atomic mass is 10.1. The molecule has 0 saturated carbocycles. The van der Waals surface area contributed by atoms with Crippen molar-refractivity contribution in [1.29, 1.82) is 0 Å². The minimum absolute atomic E-state index is 0.0972. The van der Waals surface area contributed by atoms with E-state index in [2.05, 4.69) is 18.8 Å². The Morgan fingerprint density at radius 3 is 2.38 bits per heavy atom. The summed E-state index contributed by atoms with van der Waals surface area (Å²) in [5.41, 5.74) is 0. The first-order valence-corrected chi connectivity index (χ1v) is 10.5. The van der Waals surface area contributed by atoms with Gasteiger partial charge in [-0.25, -0.2) is 8.42 Å². The third-order valence-electron chi connectivity index (χ3n) is 3.88. The third-order valence-corrected chi connectivity index (χ3v) is 5.99. The fourth-order valence-electron chi connectivity index (χ4n) is 2.47. The van der Waals surface area contributed by atoms with Gasteiger partial charge in [-0.05, 0) is 44.5 Å². The lowest BCUT2D eigenvalue weighted by Gasteiger charge is -2.16. The van der Waals surface area contributed by atoms with Crippen molar-refractivity contribution in [1.82, 2.24) is 0 Å². The quantitative estimate of drug-likeness (QED) is 0.332. The average Bonchev–Trinajstić information content (AvgIpc) is 2.62. The highest BCUT2D eigenvalue weighted by atomic mass is 32.2. The maximum absolute atomic E-state index is 12.9. The molecular formula is C20H28O5S. The number of unbranched alkanes of at least 4 members (excludes halogenated alkanes) is 3. The van der Waals surface area contributed by atoms with Crippen LogP contribution in [0.1, 0.15) is 52.9 Å². The van der Waals surface area contributed by atoms with Gasteiger partial charge in [0.15, 0.2) is 15.1 Å². The number of ether oxygens (including phenoxy) is 2. The van der Waals surface area contributed by atoms with Gasteiger partial charge in [0.1, 0.15) is 12.4 Å². The monoisotopic (exact) mass is 380 g/mol. The second-order valence-electron chi connectivity index (χ2n) is 5.82. The van der Waals surface area contributed by atoms with Gasteiger partial charge in [0.25, 0.3) is 0 Å². The number of carbonyl (C=O) groups is 1. The highest BCUT2D eigenvalue weighted by molar-refractivity contribution is 7.92. The summed E-state index contributed by atoms with van der Waals surface area (Å²) in [5.74, 6) is 5.34. The Morgan fingerprint density at radius 2 is 1.81 bits per heavy atom. The maximum Gasteiger partial charge on any atom is 0.324 e. The molecule has 0 spiro atoms. The molecule has 5 nitrogen and oxygen atoms in total. The smallest absolute Gasteiger partial charge is 0.324 e. The van der Waals surface area contributed by atoms with Gasteiger partial charge in [-0.1, -0.05) is 38.5 Å².